The second-order valence-electron chi connectivity index (χ2n) is 7.36. The summed E-state index contributed by atoms with van der Waals surface area (Å²) in [5, 5.41) is 0.571. The van der Waals surface area contributed by atoms with E-state index < -0.39 is 0 Å². The molecule has 0 radical (unpaired) electrons. The molecule has 4 rings (SSSR count). The molecule has 3 aromatic rings. The van der Waals surface area contributed by atoms with E-state index in [1.165, 1.54) is 6.07 Å². The van der Waals surface area contributed by atoms with Crippen molar-refractivity contribution >= 4 is 11.0 Å². The highest BCUT2D eigenvalue weighted by atomic mass is 16.5. The van der Waals surface area contributed by atoms with E-state index in [0.717, 1.165) is 29.7 Å². The zero-order valence-electron chi connectivity index (χ0n) is 15.9. The van der Waals surface area contributed by atoms with Crippen molar-refractivity contribution in [2.75, 3.05) is 14.2 Å². The van der Waals surface area contributed by atoms with Gasteiger partial charge in [0.1, 0.15) is 22.7 Å². The Morgan fingerprint density at radius 3 is 2.52 bits per heavy atom. The maximum absolute atomic E-state index is 12.7. The molecule has 0 unspecified atom stereocenters. The Labute approximate surface area is 157 Å². The largest absolute Gasteiger partial charge is 0.493 e. The van der Waals surface area contributed by atoms with Crippen molar-refractivity contribution < 1.29 is 18.6 Å². The molecule has 0 saturated heterocycles. The lowest BCUT2D eigenvalue weighted by atomic mass is 9.93. The fourth-order valence-electron chi connectivity index (χ4n) is 3.43. The molecule has 0 spiro atoms. The highest BCUT2D eigenvalue weighted by Gasteiger charge is 2.27. The van der Waals surface area contributed by atoms with Crippen LogP contribution >= 0.6 is 0 Å². The molecule has 0 fully saturated rings. The van der Waals surface area contributed by atoms with Crippen molar-refractivity contribution in [2.45, 2.75) is 32.3 Å². The van der Waals surface area contributed by atoms with E-state index in [2.05, 4.69) is 13.8 Å². The van der Waals surface area contributed by atoms with E-state index in [0.29, 0.717) is 28.2 Å². The Morgan fingerprint density at radius 2 is 1.78 bits per heavy atom. The average Bonchev–Trinajstić information content (AvgIpc) is 2.65. The van der Waals surface area contributed by atoms with Gasteiger partial charge in [-0.15, -0.1) is 0 Å². The predicted octanol–water partition coefficient (Wildman–Crippen LogP) is 4.58. The molecular formula is C22H22O5. The van der Waals surface area contributed by atoms with Crippen molar-refractivity contribution in [1.82, 2.24) is 0 Å². The van der Waals surface area contributed by atoms with Gasteiger partial charge in [-0.3, -0.25) is 4.79 Å². The standard InChI is InChI=1S/C22H22O5/c1-22(2)8-7-14-9-15-16(23)11-18(26-20(15)12-19(14)27-22)13-5-6-17(24-3)21(10-13)25-4/h5-6,9-12H,7-8H2,1-4H3. The van der Waals surface area contributed by atoms with Gasteiger partial charge < -0.3 is 18.6 Å². The van der Waals surface area contributed by atoms with Crippen LogP contribution in [0.15, 0.2) is 45.6 Å². The number of rotatable bonds is 3. The molecule has 0 saturated carbocycles. The maximum atomic E-state index is 12.7. The van der Waals surface area contributed by atoms with Crippen LogP contribution in [0.25, 0.3) is 22.3 Å². The van der Waals surface area contributed by atoms with Gasteiger partial charge in [-0.1, -0.05) is 0 Å². The molecule has 2 heterocycles. The summed E-state index contributed by atoms with van der Waals surface area (Å²) in [5.41, 5.74) is 2.01. The van der Waals surface area contributed by atoms with Crippen molar-refractivity contribution in [3.05, 3.63) is 52.2 Å². The van der Waals surface area contributed by atoms with Gasteiger partial charge in [0.15, 0.2) is 16.9 Å². The molecule has 0 bridgehead atoms. The topological polar surface area (TPSA) is 57.9 Å². The number of benzene rings is 2. The normalized spacial score (nSPS) is 15.1. The average molecular weight is 366 g/mol. The molecule has 1 aliphatic rings. The highest BCUT2D eigenvalue weighted by molar-refractivity contribution is 5.81. The summed E-state index contributed by atoms with van der Waals surface area (Å²) in [6, 6.07) is 10.7. The molecule has 2 aromatic carbocycles. The minimum absolute atomic E-state index is 0.0753. The third kappa shape index (κ3) is 3.14. The van der Waals surface area contributed by atoms with Crippen LogP contribution in [-0.2, 0) is 6.42 Å². The van der Waals surface area contributed by atoms with Crippen molar-refractivity contribution in [1.29, 1.82) is 0 Å². The Bertz CT molecular complexity index is 1080. The van der Waals surface area contributed by atoms with Crippen molar-refractivity contribution in [2.24, 2.45) is 0 Å². The third-order valence-electron chi connectivity index (χ3n) is 4.96. The Morgan fingerprint density at radius 1 is 1.00 bits per heavy atom. The zero-order chi connectivity index (χ0) is 19.2. The van der Waals surface area contributed by atoms with Crippen molar-refractivity contribution in [3.63, 3.8) is 0 Å². The van der Waals surface area contributed by atoms with Gasteiger partial charge in [-0.25, -0.2) is 0 Å². The first-order valence-electron chi connectivity index (χ1n) is 8.92. The van der Waals surface area contributed by atoms with E-state index in [-0.39, 0.29) is 11.0 Å². The first-order valence-corrected chi connectivity index (χ1v) is 8.92. The summed E-state index contributed by atoms with van der Waals surface area (Å²) in [7, 11) is 3.15. The number of hydrogen-bond acceptors (Lipinski definition) is 5. The molecular weight excluding hydrogens is 344 g/mol. The molecule has 5 nitrogen and oxygen atoms in total. The monoisotopic (exact) mass is 366 g/mol. The quantitative estimate of drug-likeness (QED) is 0.679. The van der Waals surface area contributed by atoms with Crippen LogP contribution in [0.4, 0.5) is 0 Å². The predicted molar refractivity (Wildman–Crippen MR) is 104 cm³/mol. The minimum atomic E-state index is -0.220. The van der Waals surface area contributed by atoms with Gasteiger partial charge in [0.05, 0.1) is 19.6 Å². The fraction of sp³-hybridized carbons (Fsp3) is 0.318. The second kappa shape index (κ2) is 6.34. The van der Waals surface area contributed by atoms with Gasteiger partial charge in [-0.2, -0.15) is 0 Å². The summed E-state index contributed by atoms with van der Waals surface area (Å²) in [6.07, 6.45) is 1.80. The fourth-order valence-corrected chi connectivity index (χ4v) is 3.43. The number of fused-ring (bicyclic) bond motifs is 2. The molecule has 1 aliphatic heterocycles. The van der Waals surface area contributed by atoms with Crippen LogP contribution in [0, 0.1) is 0 Å². The minimum Gasteiger partial charge on any atom is -0.493 e. The van der Waals surface area contributed by atoms with Crippen LogP contribution in [-0.4, -0.2) is 19.8 Å². The Balaban J connectivity index is 1.85. The number of ether oxygens (including phenoxy) is 3. The molecule has 0 N–H and O–H groups in total. The van der Waals surface area contributed by atoms with Crippen LogP contribution in [0.3, 0.4) is 0 Å². The van der Waals surface area contributed by atoms with Crippen molar-refractivity contribution in [3.8, 4) is 28.6 Å². The lowest BCUT2D eigenvalue weighted by Gasteiger charge is -2.32. The smallest absolute Gasteiger partial charge is 0.193 e. The molecule has 5 heteroatoms. The van der Waals surface area contributed by atoms with Gasteiger partial charge in [-0.05, 0) is 56.5 Å². The van der Waals surface area contributed by atoms with E-state index in [9.17, 15) is 4.79 Å². The Hall–Kier alpha value is -2.95. The van der Waals surface area contributed by atoms with E-state index >= 15 is 0 Å². The first kappa shape index (κ1) is 17.5. The molecule has 1 aromatic heterocycles. The lowest BCUT2D eigenvalue weighted by molar-refractivity contribution is 0.0848. The molecule has 140 valence electrons. The van der Waals surface area contributed by atoms with Gasteiger partial charge in [0, 0.05) is 17.7 Å². The van der Waals surface area contributed by atoms with E-state index in [4.69, 9.17) is 18.6 Å². The summed E-state index contributed by atoms with van der Waals surface area (Å²) in [5.74, 6) is 2.46. The Kier molecular flexibility index (Phi) is 4.10. The van der Waals surface area contributed by atoms with Crippen LogP contribution in [0.1, 0.15) is 25.8 Å². The number of aryl methyl sites for hydroxylation is 1. The van der Waals surface area contributed by atoms with Crippen LogP contribution in [0.2, 0.25) is 0 Å². The summed E-state index contributed by atoms with van der Waals surface area (Å²) < 4.78 is 22.8. The molecule has 27 heavy (non-hydrogen) atoms. The van der Waals surface area contributed by atoms with Gasteiger partial charge in [0.25, 0.3) is 0 Å². The zero-order valence-corrected chi connectivity index (χ0v) is 15.9. The molecule has 0 amide bonds. The lowest BCUT2D eigenvalue weighted by Crippen LogP contribution is -2.32. The number of hydrogen-bond donors (Lipinski definition) is 0. The SMILES string of the molecule is COc1ccc(-c2cc(=O)c3cc4c(cc3o2)OC(C)(C)CC4)cc1OC. The summed E-state index contributed by atoms with van der Waals surface area (Å²) in [4.78, 5) is 12.7. The second-order valence-corrected chi connectivity index (χ2v) is 7.36. The van der Waals surface area contributed by atoms with E-state index in [1.54, 1.807) is 26.4 Å². The van der Waals surface area contributed by atoms with Crippen LogP contribution < -0.4 is 19.6 Å². The maximum Gasteiger partial charge on any atom is 0.193 e. The summed E-state index contributed by atoms with van der Waals surface area (Å²) >= 11 is 0. The summed E-state index contributed by atoms with van der Waals surface area (Å²) in [6.45, 7) is 4.13. The highest BCUT2D eigenvalue weighted by Crippen LogP contribution is 2.37. The molecule has 0 aliphatic carbocycles. The van der Waals surface area contributed by atoms with E-state index in [1.807, 2.05) is 18.2 Å². The van der Waals surface area contributed by atoms with Gasteiger partial charge >= 0.3 is 0 Å². The number of methoxy groups -OCH3 is 2. The molecule has 0 atom stereocenters. The first-order chi connectivity index (χ1) is 12.9. The van der Waals surface area contributed by atoms with Crippen LogP contribution in [0.5, 0.6) is 17.2 Å². The third-order valence-corrected chi connectivity index (χ3v) is 4.96. The van der Waals surface area contributed by atoms with Gasteiger partial charge in [0.2, 0.25) is 0 Å².